The number of fused-ring (bicyclic) bond motifs is 2. The number of nitrogens with zero attached hydrogens (tertiary/aromatic N) is 4. The molecule has 1 N–H and O–H groups in total. The van der Waals surface area contributed by atoms with E-state index >= 15 is 0 Å². The normalized spacial score (nSPS) is 13.2. The molecule has 4 heterocycles. The number of imidazole rings is 1. The summed E-state index contributed by atoms with van der Waals surface area (Å²) in [5, 5.41) is 19.5. The average molecular weight is 439 g/mol. The highest BCUT2D eigenvalue weighted by Gasteiger charge is 2.21. The highest BCUT2D eigenvalue weighted by Crippen LogP contribution is 2.35. The Morgan fingerprint density at radius 2 is 1.82 bits per heavy atom. The van der Waals surface area contributed by atoms with E-state index in [1.54, 1.807) is 6.08 Å². The minimum absolute atomic E-state index is 0.388. The summed E-state index contributed by atoms with van der Waals surface area (Å²) in [6, 6.07) is 10.1. The van der Waals surface area contributed by atoms with Crippen molar-refractivity contribution in [2.75, 3.05) is 13.2 Å². The Balaban J connectivity index is 1.59. The molecule has 1 aliphatic rings. The van der Waals surface area contributed by atoms with Crippen molar-refractivity contribution < 1.29 is 13.9 Å². The predicted octanol–water partition coefficient (Wildman–Crippen LogP) is 4.89. The van der Waals surface area contributed by atoms with E-state index in [9.17, 15) is 10.5 Å². The van der Waals surface area contributed by atoms with Crippen LogP contribution in [0.1, 0.15) is 39.7 Å². The number of furan rings is 1. The number of nitriles is 2. The van der Waals surface area contributed by atoms with Gasteiger partial charge in [-0.2, -0.15) is 10.5 Å². The second-order valence-electron chi connectivity index (χ2n) is 8.01. The van der Waals surface area contributed by atoms with Crippen LogP contribution in [-0.2, 0) is 0 Å². The smallest absolute Gasteiger partial charge is 0.222 e. The molecule has 0 aliphatic carbocycles. The molecule has 0 fully saturated rings. The molecule has 0 unspecified atom stereocenters. The quantitative estimate of drug-likeness (QED) is 0.455. The van der Waals surface area contributed by atoms with Gasteiger partial charge in [0.05, 0.1) is 16.6 Å². The van der Waals surface area contributed by atoms with Crippen LogP contribution in [0.5, 0.6) is 11.5 Å². The van der Waals surface area contributed by atoms with Gasteiger partial charge in [-0.15, -0.1) is 0 Å². The van der Waals surface area contributed by atoms with Crippen LogP contribution in [0.3, 0.4) is 0 Å². The number of aromatic amines is 1. The largest absolute Gasteiger partial charge is 0.486 e. The monoisotopic (exact) mass is 439 g/mol. The first kappa shape index (κ1) is 20.5. The van der Waals surface area contributed by atoms with E-state index in [-0.39, 0.29) is 0 Å². The van der Waals surface area contributed by atoms with E-state index < -0.39 is 0 Å². The molecule has 4 aromatic rings. The number of rotatable bonds is 3. The minimum Gasteiger partial charge on any atom is -0.486 e. The number of hydrogen-bond acceptors (Lipinski definition) is 6. The number of H-pyrrole nitrogens is 1. The van der Waals surface area contributed by atoms with Crippen LogP contribution in [-0.4, -0.2) is 27.7 Å². The summed E-state index contributed by atoms with van der Waals surface area (Å²) in [4.78, 5) is 7.81. The molecular weight excluding hydrogens is 418 g/mol. The zero-order valence-corrected chi connectivity index (χ0v) is 18.7. The molecule has 164 valence electrons. The lowest BCUT2D eigenvalue weighted by molar-refractivity contribution is 0.172. The van der Waals surface area contributed by atoms with Crippen molar-refractivity contribution >= 4 is 22.7 Å². The first-order chi connectivity index (χ1) is 15.9. The lowest BCUT2D eigenvalue weighted by Crippen LogP contribution is -2.15. The molecule has 0 spiro atoms. The number of hydrogen-bond donors (Lipinski definition) is 1. The fourth-order valence-corrected chi connectivity index (χ4v) is 4.13. The van der Waals surface area contributed by atoms with Crippen molar-refractivity contribution in [1.29, 1.82) is 10.5 Å². The van der Waals surface area contributed by atoms with Crippen LogP contribution in [0.15, 0.2) is 22.6 Å². The van der Waals surface area contributed by atoms with Gasteiger partial charge in [-0.1, -0.05) is 0 Å². The first-order valence-corrected chi connectivity index (χ1v) is 10.5. The topological polar surface area (TPSA) is 113 Å². The SMILES string of the molecule is Cc1oc(-n2c(C)cc(/C=C(\C#N)c3nc4cc5c(cc4[nH]3)OCCO5)c2C)c(C#N)c1C. The fraction of sp³-hybridized carbons (Fsp3) is 0.240. The zero-order valence-electron chi connectivity index (χ0n) is 18.7. The zero-order chi connectivity index (χ0) is 23.3. The Morgan fingerprint density at radius 1 is 1.09 bits per heavy atom. The Morgan fingerprint density at radius 3 is 2.52 bits per heavy atom. The second-order valence-corrected chi connectivity index (χ2v) is 8.01. The number of allylic oxidation sites excluding steroid dienone is 1. The van der Waals surface area contributed by atoms with Crippen molar-refractivity contribution in [2.45, 2.75) is 27.7 Å². The van der Waals surface area contributed by atoms with Gasteiger partial charge in [0.25, 0.3) is 0 Å². The molecule has 1 aliphatic heterocycles. The van der Waals surface area contributed by atoms with Gasteiger partial charge in [0.15, 0.2) is 11.5 Å². The summed E-state index contributed by atoms with van der Waals surface area (Å²) in [6.45, 7) is 8.59. The van der Waals surface area contributed by atoms with Crippen LogP contribution < -0.4 is 9.47 Å². The summed E-state index contributed by atoms with van der Waals surface area (Å²) in [5.74, 6) is 2.97. The van der Waals surface area contributed by atoms with Crippen molar-refractivity contribution in [3.63, 3.8) is 0 Å². The van der Waals surface area contributed by atoms with Crippen LogP contribution in [0.25, 0.3) is 28.6 Å². The number of benzene rings is 1. The van der Waals surface area contributed by atoms with Crippen LogP contribution in [0.2, 0.25) is 0 Å². The van der Waals surface area contributed by atoms with Gasteiger partial charge in [-0.25, -0.2) is 4.98 Å². The molecule has 3 aromatic heterocycles. The van der Waals surface area contributed by atoms with E-state index in [0.717, 1.165) is 28.0 Å². The van der Waals surface area contributed by atoms with Crippen LogP contribution in [0, 0.1) is 50.4 Å². The highest BCUT2D eigenvalue weighted by atomic mass is 16.6. The maximum atomic E-state index is 9.89. The second kappa shape index (κ2) is 7.61. The molecule has 1 aromatic carbocycles. The number of aryl methyl sites for hydroxylation is 2. The minimum atomic E-state index is 0.388. The van der Waals surface area contributed by atoms with Gasteiger partial charge in [-0.3, -0.25) is 4.57 Å². The first-order valence-electron chi connectivity index (χ1n) is 10.5. The summed E-state index contributed by atoms with van der Waals surface area (Å²) in [6.07, 6.45) is 1.79. The van der Waals surface area contributed by atoms with Crippen LogP contribution >= 0.6 is 0 Å². The maximum absolute atomic E-state index is 9.89. The molecule has 5 rings (SSSR count). The van der Waals surface area contributed by atoms with Crippen molar-refractivity contribution in [3.05, 3.63) is 57.9 Å². The van der Waals surface area contributed by atoms with Gasteiger partial charge in [-0.05, 0) is 45.4 Å². The fourth-order valence-electron chi connectivity index (χ4n) is 4.13. The summed E-state index contributed by atoms with van der Waals surface area (Å²) >= 11 is 0. The standard InChI is InChI=1S/C25H21N5O3/c1-13-7-17(15(3)30(13)25-19(12-27)14(2)16(4)33-25)8-18(11-26)24-28-20-9-22-23(10-21(20)29-24)32-6-5-31-22/h7-10H,5-6H2,1-4H3,(H,28,29)/b18-8+. The van der Waals surface area contributed by atoms with E-state index in [1.165, 1.54) is 0 Å². The Hall–Kier alpha value is -4.43. The van der Waals surface area contributed by atoms with Gasteiger partial charge >= 0.3 is 0 Å². The Kier molecular flexibility index (Phi) is 4.72. The lowest BCUT2D eigenvalue weighted by atomic mass is 10.1. The molecule has 0 radical (unpaired) electrons. The van der Waals surface area contributed by atoms with Gasteiger partial charge < -0.3 is 18.9 Å². The maximum Gasteiger partial charge on any atom is 0.222 e. The lowest BCUT2D eigenvalue weighted by Gasteiger charge is -2.17. The molecule has 0 saturated heterocycles. The molecule has 8 nitrogen and oxygen atoms in total. The number of nitrogens with one attached hydrogen (secondary N) is 1. The molecule has 0 bridgehead atoms. The highest BCUT2D eigenvalue weighted by molar-refractivity contribution is 5.91. The average Bonchev–Trinajstić information content (AvgIpc) is 3.43. The Labute approximate surface area is 190 Å². The molecule has 0 saturated carbocycles. The van der Waals surface area contributed by atoms with Gasteiger partial charge in [0.2, 0.25) is 5.88 Å². The summed E-state index contributed by atoms with van der Waals surface area (Å²) in [5.41, 5.74) is 5.78. The number of ether oxygens (including phenoxy) is 2. The van der Waals surface area contributed by atoms with Crippen molar-refractivity contribution in [1.82, 2.24) is 14.5 Å². The van der Waals surface area contributed by atoms with Crippen molar-refractivity contribution in [2.24, 2.45) is 0 Å². The molecule has 8 heteroatoms. The van der Waals surface area contributed by atoms with Gasteiger partial charge in [0, 0.05) is 29.1 Å². The van der Waals surface area contributed by atoms with E-state index in [0.29, 0.717) is 58.8 Å². The van der Waals surface area contributed by atoms with Crippen LogP contribution in [0.4, 0.5) is 0 Å². The number of aromatic nitrogens is 3. The molecular formula is C25H21N5O3. The molecule has 0 atom stereocenters. The van der Waals surface area contributed by atoms with Gasteiger partial charge in [0.1, 0.15) is 42.5 Å². The summed E-state index contributed by atoms with van der Waals surface area (Å²) in [7, 11) is 0. The van der Waals surface area contributed by atoms with E-state index in [2.05, 4.69) is 22.1 Å². The predicted molar refractivity (Wildman–Crippen MR) is 122 cm³/mol. The molecule has 33 heavy (non-hydrogen) atoms. The van der Waals surface area contributed by atoms with E-state index in [1.807, 2.05) is 50.5 Å². The van der Waals surface area contributed by atoms with Crippen molar-refractivity contribution in [3.8, 4) is 29.5 Å². The summed E-state index contributed by atoms with van der Waals surface area (Å²) < 4.78 is 19.1. The third-order valence-electron chi connectivity index (χ3n) is 5.97. The Bertz CT molecular complexity index is 1490. The van der Waals surface area contributed by atoms with E-state index in [4.69, 9.17) is 13.9 Å². The third-order valence-corrected chi connectivity index (χ3v) is 5.97. The molecule has 0 amide bonds. The third kappa shape index (κ3) is 3.24.